The highest BCUT2D eigenvalue weighted by molar-refractivity contribution is 7.89. The van der Waals surface area contributed by atoms with Crippen LogP contribution < -0.4 is 4.90 Å². The number of nitro benzene ring substituents is 1. The van der Waals surface area contributed by atoms with Gasteiger partial charge in [-0.2, -0.15) is 4.31 Å². The van der Waals surface area contributed by atoms with Crippen molar-refractivity contribution >= 4 is 27.3 Å². The number of carbonyl (C=O) groups is 1. The third-order valence-corrected chi connectivity index (χ3v) is 7.83. The maximum Gasteiger partial charge on any atom is 0.271 e. The van der Waals surface area contributed by atoms with Gasteiger partial charge in [0.2, 0.25) is 10.0 Å². The maximum absolute atomic E-state index is 13.2. The lowest BCUT2D eigenvalue weighted by Gasteiger charge is -2.27. The molecule has 158 valence electrons. The molecule has 2 aliphatic rings. The highest BCUT2D eigenvalue weighted by atomic mass is 32.2. The van der Waals surface area contributed by atoms with Crippen LogP contribution >= 0.6 is 0 Å². The summed E-state index contributed by atoms with van der Waals surface area (Å²) in [4.78, 5) is 25.5. The van der Waals surface area contributed by atoms with Crippen LogP contribution in [0.2, 0.25) is 0 Å². The molecule has 0 radical (unpaired) electrons. The SMILES string of the molecule is Cc1ccc(C(=O)N2CCc3ccc([N+](=O)[O-])cc32)cc1S(=O)(=O)N1CCCCC1. The Labute approximate surface area is 175 Å². The second-order valence-electron chi connectivity index (χ2n) is 7.72. The van der Waals surface area contributed by atoms with Crippen LogP contribution in [-0.2, 0) is 16.4 Å². The number of non-ortho nitro benzene ring substituents is 1. The van der Waals surface area contributed by atoms with E-state index in [0.29, 0.717) is 37.3 Å². The average Bonchev–Trinajstić information content (AvgIpc) is 3.17. The van der Waals surface area contributed by atoms with Crippen molar-refractivity contribution < 1.29 is 18.1 Å². The van der Waals surface area contributed by atoms with Crippen molar-refractivity contribution in [1.82, 2.24) is 4.31 Å². The van der Waals surface area contributed by atoms with Gasteiger partial charge < -0.3 is 4.90 Å². The molecular formula is C21H23N3O5S. The number of anilines is 1. The number of nitrogens with zero attached hydrogens (tertiary/aromatic N) is 3. The summed E-state index contributed by atoms with van der Waals surface area (Å²) in [5.41, 5.74) is 2.15. The normalized spacial score (nSPS) is 17.0. The first kappa shape index (κ1) is 20.5. The molecule has 0 unspecified atom stereocenters. The zero-order valence-corrected chi connectivity index (χ0v) is 17.5. The first-order valence-corrected chi connectivity index (χ1v) is 11.4. The molecule has 1 amide bonds. The lowest BCUT2D eigenvalue weighted by molar-refractivity contribution is -0.384. The van der Waals surface area contributed by atoms with E-state index in [1.807, 2.05) is 0 Å². The highest BCUT2D eigenvalue weighted by Gasteiger charge is 2.31. The Balaban J connectivity index is 1.68. The van der Waals surface area contributed by atoms with Crippen molar-refractivity contribution in [2.45, 2.75) is 37.5 Å². The quantitative estimate of drug-likeness (QED) is 0.548. The predicted octanol–water partition coefficient (Wildman–Crippen LogP) is 3.28. The lowest BCUT2D eigenvalue weighted by atomic mass is 10.1. The fraction of sp³-hybridized carbons (Fsp3) is 0.381. The molecule has 4 rings (SSSR count). The molecule has 2 heterocycles. The Morgan fingerprint density at radius 1 is 1.03 bits per heavy atom. The van der Waals surface area contributed by atoms with Crippen molar-refractivity contribution in [3.05, 3.63) is 63.2 Å². The van der Waals surface area contributed by atoms with E-state index in [1.165, 1.54) is 27.4 Å². The Morgan fingerprint density at radius 2 is 1.77 bits per heavy atom. The Morgan fingerprint density at radius 3 is 2.47 bits per heavy atom. The summed E-state index contributed by atoms with van der Waals surface area (Å²) in [5.74, 6) is -0.357. The highest BCUT2D eigenvalue weighted by Crippen LogP contribution is 2.33. The van der Waals surface area contributed by atoms with Crippen LogP contribution in [0.1, 0.15) is 40.7 Å². The summed E-state index contributed by atoms with van der Waals surface area (Å²) < 4.78 is 27.8. The molecule has 2 aliphatic heterocycles. The van der Waals surface area contributed by atoms with E-state index in [2.05, 4.69) is 0 Å². The number of amides is 1. The number of sulfonamides is 1. The van der Waals surface area contributed by atoms with E-state index in [4.69, 9.17) is 0 Å². The number of nitro groups is 1. The molecule has 0 aliphatic carbocycles. The van der Waals surface area contributed by atoms with Gasteiger partial charge in [0.25, 0.3) is 11.6 Å². The Kier molecular flexibility index (Phi) is 5.33. The van der Waals surface area contributed by atoms with E-state index in [9.17, 15) is 23.3 Å². The number of aryl methyl sites for hydroxylation is 1. The monoisotopic (exact) mass is 429 g/mol. The molecule has 0 N–H and O–H groups in total. The van der Waals surface area contributed by atoms with Gasteiger partial charge in [0.15, 0.2) is 0 Å². The average molecular weight is 429 g/mol. The van der Waals surface area contributed by atoms with E-state index in [1.54, 1.807) is 25.1 Å². The molecule has 1 saturated heterocycles. The molecule has 2 aromatic carbocycles. The number of carbonyl (C=O) groups excluding carboxylic acids is 1. The number of piperidine rings is 1. The lowest BCUT2D eigenvalue weighted by Crippen LogP contribution is -2.36. The predicted molar refractivity (Wildman–Crippen MR) is 112 cm³/mol. The fourth-order valence-electron chi connectivity index (χ4n) is 4.10. The summed E-state index contributed by atoms with van der Waals surface area (Å²) >= 11 is 0. The van der Waals surface area contributed by atoms with Crippen molar-refractivity contribution in [2.75, 3.05) is 24.5 Å². The van der Waals surface area contributed by atoms with Crippen LogP contribution in [0, 0.1) is 17.0 Å². The number of hydrogen-bond acceptors (Lipinski definition) is 5. The van der Waals surface area contributed by atoms with Gasteiger partial charge in [0.05, 0.1) is 15.5 Å². The summed E-state index contributed by atoms with van der Waals surface area (Å²) in [6, 6.07) is 9.21. The van der Waals surface area contributed by atoms with Crippen LogP contribution in [0.5, 0.6) is 0 Å². The van der Waals surface area contributed by atoms with Gasteiger partial charge in [-0.15, -0.1) is 0 Å². The van der Waals surface area contributed by atoms with Gasteiger partial charge >= 0.3 is 0 Å². The summed E-state index contributed by atoms with van der Waals surface area (Å²) in [5, 5.41) is 11.1. The zero-order valence-electron chi connectivity index (χ0n) is 16.7. The number of rotatable bonds is 4. The van der Waals surface area contributed by atoms with Gasteiger partial charge in [-0.3, -0.25) is 14.9 Å². The van der Waals surface area contributed by atoms with Crippen molar-refractivity contribution in [3.8, 4) is 0 Å². The third kappa shape index (κ3) is 3.59. The molecule has 9 heteroatoms. The molecule has 0 aromatic heterocycles. The fourth-order valence-corrected chi connectivity index (χ4v) is 5.87. The van der Waals surface area contributed by atoms with Gasteiger partial charge in [0.1, 0.15) is 0 Å². The minimum atomic E-state index is -3.68. The minimum Gasteiger partial charge on any atom is -0.307 e. The maximum atomic E-state index is 13.2. The molecule has 8 nitrogen and oxygen atoms in total. The van der Waals surface area contributed by atoms with E-state index in [-0.39, 0.29) is 22.1 Å². The summed E-state index contributed by atoms with van der Waals surface area (Å²) in [7, 11) is -3.68. The molecule has 1 fully saturated rings. The van der Waals surface area contributed by atoms with Gasteiger partial charge in [0, 0.05) is 37.3 Å². The second kappa shape index (κ2) is 7.81. The third-order valence-electron chi connectivity index (χ3n) is 5.79. The minimum absolute atomic E-state index is 0.0780. The molecule has 0 atom stereocenters. The van der Waals surface area contributed by atoms with Crippen LogP contribution in [0.4, 0.5) is 11.4 Å². The summed E-state index contributed by atoms with van der Waals surface area (Å²) in [6.45, 7) is 3.10. The van der Waals surface area contributed by atoms with Gasteiger partial charge in [-0.25, -0.2) is 8.42 Å². The standard InChI is InChI=1S/C21H23N3O5S/c1-15-5-6-17(13-20(15)30(28,29)22-10-3-2-4-11-22)21(25)23-12-9-16-7-8-18(24(26)27)14-19(16)23/h5-8,13-14H,2-4,9-12H2,1H3. The molecule has 0 spiro atoms. The van der Waals surface area contributed by atoms with Gasteiger partial charge in [-0.05, 0) is 49.4 Å². The van der Waals surface area contributed by atoms with Crippen LogP contribution in [-0.4, -0.2) is 43.2 Å². The summed E-state index contributed by atoms with van der Waals surface area (Å²) in [6.07, 6.45) is 3.29. The molecule has 0 saturated carbocycles. The van der Waals surface area contributed by atoms with E-state index < -0.39 is 14.9 Å². The first-order valence-electron chi connectivity index (χ1n) is 9.99. The Hall–Kier alpha value is -2.78. The van der Waals surface area contributed by atoms with E-state index in [0.717, 1.165) is 24.8 Å². The van der Waals surface area contributed by atoms with Gasteiger partial charge in [-0.1, -0.05) is 18.6 Å². The number of hydrogen-bond donors (Lipinski definition) is 0. The van der Waals surface area contributed by atoms with Crippen LogP contribution in [0.3, 0.4) is 0 Å². The zero-order chi connectivity index (χ0) is 21.5. The molecule has 2 aromatic rings. The van der Waals surface area contributed by atoms with Crippen molar-refractivity contribution in [3.63, 3.8) is 0 Å². The van der Waals surface area contributed by atoms with Crippen LogP contribution in [0.15, 0.2) is 41.3 Å². The van der Waals surface area contributed by atoms with Crippen molar-refractivity contribution in [1.29, 1.82) is 0 Å². The number of benzene rings is 2. The first-order chi connectivity index (χ1) is 14.3. The van der Waals surface area contributed by atoms with E-state index >= 15 is 0 Å². The number of fused-ring (bicyclic) bond motifs is 1. The van der Waals surface area contributed by atoms with Crippen LogP contribution in [0.25, 0.3) is 0 Å². The Bertz CT molecular complexity index is 1120. The smallest absolute Gasteiger partial charge is 0.271 e. The largest absolute Gasteiger partial charge is 0.307 e. The molecule has 0 bridgehead atoms. The molecule has 30 heavy (non-hydrogen) atoms. The van der Waals surface area contributed by atoms with Crippen molar-refractivity contribution in [2.24, 2.45) is 0 Å². The topological polar surface area (TPSA) is 101 Å². The molecular weight excluding hydrogens is 406 g/mol. The second-order valence-corrected chi connectivity index (χ2v) is 9.63.